The van der Waals surface area contributed by atoms with E-state index in [1.54, 1.807) is 55.6 Å². The molecule has 2 heterocycles. The Hall–Kier alpha value is -4.32. The summed E-state index contributed by atoms with van der Waals surface area (Å²) >= 11 is 12.2. The standard InChI is InChI=1S/C27H20Cl2N4O4/c1-3-36-20-9-7-19(8-10-20)31-25(34)17(15-30)13-21-26(37-23-11-6-18(28)14-22(23)29)32-24-16(2)5-4-12-33(24)27(21)35/h4-14H,3H2,1-2H3,(H,31,34)/b17-13+. The molecule has 8 nitrogen and oxygen atoms in total. The Bertz CT molecular complexity index is 1620. The van der Waals surface area contributed by atoms with Gasteiger partial charge in [-0.3, -0.25) is 14.0 Å². The van der Waals surface area contributed by atoms with E-state index in [1.807, 2.05) is 13.0 Å². The SMILES string of the molecule is CCOc1ccc(NC(=O)/C(C#N)=C/c2c(Oc3ccc(Cl)cc3Cl)nc3c(C)cccn3c2=O)cc1. The number of benzene rings is 2. The number of nitrogens with zero attached hydrogens (tertiary/aromatic N) is 3. The van der Waals surface area contributed by atoms with E-state index in [9.17, 15) is 14.9 Å². The van der Waals surface area contributed by atoms with E-state index < -0.39 is 11.5 Å². The van der Waals surface area contributed by atoms with E-state index in [-0.39, 0.29) is 27.8 Å². The summed E-state index contributed by atoms with van der Waals surface area (Å²) < 4.78 is 12.6. The summed E-state index contributed by atoms with van der Waals surface area (Å²) in [5.41, 5.74) is 0.552. The first-order valence-corrected chi connectivity index (χ1v) is 11.9. The molecule has 0 unspecified atom stereocenters. The molecule has 0 atom stereocenters. The third kappa shape index (κ3) is 5.75. The smallest absolute Gasteiger partial charge is 0.269 e. The van der Waals surface area contributed by atoms with E-state index >= 15 is 0 Å². The van der Waals surface area contributed by atoms with Crippen LogP contribution in [0.1, 0.15) is 18.1 Å². The molecule has 10 heteroatoms. The summed E-state index contributed by atoms with van der Waals surface area (Å²) in [6.45, 7) is 4.17. The molecule has 186 valence electrons. The topological polar surface area (TPSA) is 106 Å². The van der Waals surface area contributed by atoms with Crippen molar-refractivity contribution in [2.24, 2.45) is 0 Å². The van der Waals surface area contributed by atoms with Crippen molar-refractivity contribution in [3.05, 3.63) is 97.9 Å². The molecule has 2 aromatic carbocycles. The molecular weight excluding hydrogens is 515 g/mol. The van der Waals surface area contributed by atoms with Gasteiger partial charge in [0.1, 0.15) is 34.4 Å². The number of amides is 1. The maximum atomic E-state index is 13.5. The van der Waals surface area contributed by atoms with Gasteiger partial charge >= 0.3 is 0 Å². The molecule has 0 aliphatic carbocycles. The van der Waals surface area contributed by atoms with Crippen molar-refractivity contribution in [3.63, 3.8) is 0 Å². The fourth-order valence-corrected chi connectivity index (χ4v) is 3.90. The number of rotatable bonds is 7. The van der Waals surface area contributed by atoms with Gasteiger partial charge in [-0.05, 0) is 74.0 Å². The molecule has 0 bridgehead atoms. The van der Waals surface area contributed by atoms with E-state index in [1.165, 1.54) is 16.5 Å². The highest BCUT2D eigenvalue weighted by atomic mass is 35.5. The number of aryl methyl sites for hydroxylation is 1. The van der Waals surface area contributed by atoms with Crippen LogP contribution in [-0.2, 0) is 4.79 Å². The average Bonchev–Trinajstić information content (AvgIpc) is 2.87. The predicted octanol–water partition coefficient (Wildman–Crippen LogP) is 6.05. The van der Waals surface area contributed by atoms with Crippen molar-refractivity contribution in [2.45, 2.75) is 13.8 Å². The molecule has 0 fully saturated rings. The molecule has 0 spiro atoms. The third-order valence-electron chi connectivity index (χ3n) is 5.23. The number of nitrogens with one attached hydrogen (secondary N) is 1. The van der Waals surface area contributed by atoms with Crippen molar-refractivity contribution in [3.8, 4) is 23.4 Å². The second kappa shape index (κ2) is 11.2. The fourth-order valence-electron chi connectivity index (χ4n) is 3.45. The summed E-state index contributed by atoms with van der Waals surface area (Å²) in [6, 6.07) is 16.6. The predicted molar refractivity (Wildman–Crippen MR) is 143 cm³/mol. The van der Waals surface area contributed by atoms with Gasteiger partial charge in [0, 0.05) is 16.9 Å². The lowest BCUT2D eigenvalue weighted by Crippen LogP contribution is -2.20. The molecule has 0 aliphatic heterocycles. The van der Waals surface area contributed by atoms with Gasteiger partial charge in [0.25, 0.3) is 11.5 Å². The minimum Gasteiger partial charge on any atom is -0.494 e. The van der Waals surface area contributed by atoms with Gasteiger partial charge in [-0.15, -0.1) is 0 Å². The molecule has 4 aromatic rings. The van der Waals surface area contributed by atoms with Crippen molar-refractivity contribution in [2.75, 3.05) is 11.9 Å². The van der Waals surface area contributed by atoms with E-state index in [2.05, 4.69) is 10.3 Å². The van der Waals surface area contributed by atoms with Gasteiger partial charge in [-0.1, -0.05) is 29.3 Å². The minimum absolute atomic E-state index is 0.104. The fraction of sp³-hybridized carbons (Fsp3) is 0.111. The van der Waals surface area contributed by atoms with E-state index in [4.69, 9.17) is 32.7 Å². The zero-order valence-electron chi connectivity index (χ0n) is 19.8. The number of halogens is 2. The lowest BCUT2D eigenvalue weighted by molar-refractivity contribution is -0.112. The molecule has 4 rings (SSSR count). The summed E-state index contributed by atoms with van der Waals surface area (Å²) in [5, 5.41) is 13.0. The number of carbonyl (C=O) groups is 1. The molecular formula is C27H20Cl2N4O4. The number of nitriles is 1. The average molecular weight is 535 g/mol. The first-order chi connectivity index (χ1) is 17.8. The highest BCUT2D eigenvalue weighted by molar-refractivity contribution is 6.35. The van der Waals surface area contributed by atoms with Crippen LogP contribution in [0.25, 0.3) is 11.7 Å². The van der Waals surface area contributed by atoms with Gasteiger partial charge in [0.15, 0.2) is 0 Å². The number of pyridine rings is 1. The Labute approximate surface area is 222 Å². The van der Waals surface area contributed by atoms with Crippen molar-refractivity contribution in [1.82, 2.24) is 9.38 Å². The molecule has 0 aliphatic rings. The highest BCUT2D eigenvalue weighted by Gasteiger charge is 2.19. The first-order valence-electron chi connectivity index (χ1n) is 11.1. The van der Waals surface area contributed by atoms with Gasteiger partial charge in [0.2, 0.25) is 5.88 Å². The lowest BCUT2D eigenvalue weighted by Gasteiger charge is -2.12. The Morgan fingerprint density at radius 1 is 1.19 bits per heavy atom. The number of carbonyl (C=O) groups excluding carboxylic acids is 1. The first kappa shape index (κ1) is 25.8. The second-order valence-electron chi connectivity index (χ2n) is 7.78. The minimum atomic E-state index is -0.712. The molecule has 1 N–H and O–H groups in total. The number of hydrogen-bond acceptors (Lipinski definition) is 6. The normalized spacial score (nSPS) is 11.2. The summed E-state index contributed by atoms with van der Waals surface area (Å²) in [4.78, 5) is 30.9. The van der Waals surface area contributed by atoms with Crippen LogP contribution in [0.5, 0.6) is 17.4 Å². The Morgan fingerprint density at radius 2 is 1.95 bits per heavy atom. The van der Waals surface area contributed by atoms with Crippen LogP contribution in [0, 0.1) is 18.3 Å². The number of hydrogen-bond donors (Lipinski definition) is 1. The van der Waals surface area contributed by atoms with Crippen molar-refractivity contribution >= 4 is 46.5 Å². The number of fused-ring (bicyclic) bond motifs is 1. The maximum absolute atomic E-state index is 13.5. The molecule has 0 saturated heterocycles. The second-order valence-corrected chi connectivity index (χ2v) is 8.62. The van der Waals surface area contributed by atoms with Crippen molar-refractivity contribution in [1.29, 1.82) is 5.26 Å². The summed E-state index contributed by atoms with van der Waals surface area (Å²) in [5.74, 6) is 0.00802. The summed E-state index contributed by atoms with van der Waals surface area (Å²) in [7, 11) is 0. The van der Waals surface area contributed by atoms with Gasteiger partial charge in [0.05, 0.1) is 11.6 Å². The molecule has 0 saturated carbocycles. The van der Waals surface area contributed by atoms with Gasteiger partial charge in [-0.25, -0.2) is 0 Å². The van der Waals surface area contributed by atoms with Crippen LogP contribution in [0.3, 0.4) is 0 Å². The molecule has 0 radical (unpaired) electrons. The van der Waals surface area contributed by atoms with E-state index in [0.29, 0.717) is 28.7 Å². The third-order valence-corrected chi connectivity index (χ3v) is 5.76. The molecule has 2 aromatic heterocycles. The van der Waals surface area contributed by atoms with Crippen LogP contribution in [0.15, 0.2) is 71.2 Å². The Morgan fingerprint density at radius 3 is 2.62 bits per heavy atom. The zero-order valence-corrected chi connectivity index (χ0v) is 21.3. The van der Waals surface area contributed by atoms with Crippen LogP contribution in [-0.4, -0.2) is 21.9 Å². The van der Waals surface area contributed by atoms with Crippen LogP contribution in [0.4, 0.5) is 5.69 Å². The molecule has 37 heavy (non-hydrogen) atoms. The Balaban J connectivity index is 1.78. The summed E-state index contributed by atoms with van der Waals surface area (Å²) in [6.07, 6.45) is 2.69. The monoisotopic (exact) mass is 534 g/mol. The largest absolute Gasteiger partial charge is 0.494 e. The quantitative estimate of drug-likeness (QED) is 0.228. The van der Waals surface area contributed by atoms with Crippen molar-refractivity contribution < 1.29 is 14.3 Å². The Kier molecular flexibility index (Phi) is 7.77. The highest BCUT2D eigenvalue weighted by Crippen LogP contribution is 2.32. The number of anilines is 1. The number of ether oxygens (including phenoxy) is 2. The zero-order chi connectivity index (χ0) is 26.5. The van der Waals surface area contributed by atoms with E-state index in [0.717, 1.165) is 11.6 Å². The lowest BCUT2D eigenvalue weighted by atomic mass is 10.1. The van der Waals surface area contributed by atoms with Gasteiger partial charge < -0.3 is 14.8 Å². The molecule has 1 amide bonds. The number of aromatic nitrogens is 2. The maximum Gasteiger partial charge on any atom is 0.269 e. The van der Waals surface area contributed by atoms with Crippen LogP contribution in [0.2, 0.25) is 10.0 Å². The van der Waals surface area contributed by atoms with Crippen LogP contribution >= 0.6 is 23.2 Å². The van der Waals surface area contributed by atoms with Crippen LogP contribution < -0.4 is 20.3 Å². The van der Waals surface area contributed by atoms with Gasteiger partial charge in [-0.2, -0.15) is 10.2 Å².